The fraction of sp³-hybridized carbons (Fsp3) is 0.238. The summed E-state index contributed by atoms with van der Waals surface area (Å²) in [5.74, 6) is 0. The molecule has 1 aromatic heterocycles. The van der Waals surface area contributed by atoms with Gasteiger partial charge in [-0.25, -0.2) is 9.59 Å². The average Bonchev–Trinajstić information content (AvgIpc) is 2.68. The molecule has 3 rings (SSSR count). The van der Waals surface area contributed by atoms with E-state index in [1.807, 2.05) is 18.2 Å². The van der Waals surface area contributed by atoms with Crippen molar-refractivity contribution in [3.8, 4) is 0 Å². The number of carbonyl (C=O) groups is 1. The monoisotopic (exact) mass is 414 g/mol. The summed E-state index contributed by atoms with van der Waals surface area (Å²) >= 11 is 0. The maximum absolute atomic E-state index is 12.0. The molecule has 3 aromatic rings. The summed E-state index contributed by atoms with van der Waals surface area (Å²) in [5, 5.41) is 25.6. The Labute approximate surface area is 171 Å². The number of hydrogen-bond acceptors (Lipinski definition) is 6. The maximum atomic E-state index is 12.0. The standard InChI is InChI=1S/C20H20N2O4.CH2O3/c1-3-21(4-2)17-9-10-18-15(12-20(23)26-19(18)13-17)11-14-5-7-16(8-6-14)22(24)25;2-1(3)4/h5-10,12-13H,3-4,11H2,1-2H3;(H2,2,3,4). The molecule has 0 atom stereocenters. The number of nitro benzene ring substituents is 1. The molecule has 9 heteroatoms. The summed E-state index contributed by atoms with van der Waals surface area (Å²) in [7, 11) is 0. The normalized spacial score (nSPS) is 10.2. The number of carboxylic acid groups (broad SMARTS) is 2. The smallest absolute Gasteiger partial charge is 0.450 e. The molecule has 0 unspecified atom stereocenters. The third-order valence-corrected chi connectivity index (χ3v) is 4.48. The second-order valence-corrected chi connectivity index (χ2v) is 6.33. The van der Waals surface area contributed by atoms with Gasteiger partial charge in [-0.05, 0) is 43.5 Å². The Morgan fingerprint density at radius 3 is 2.20 bits per heavy atom. The van der Waals surface area contributed by atoms with Crippen LogP contribution in [-0.4, -0.2) is 34.4 Å². The Hall–Kier alpha value is -3.88. The van der Waals surface area contributed by atoms with Gasteiger partial charge in [-0.15, -0.1) is 0 Å². The largest absolute Gasteiger partial charge is 0.503 e. The van der Waals surface area contributed by atoms with Gasteiger partial charge in [0.1, 0.15) is 5.58 Å². The highest BCUT2D eigenvalue weighted by atomic mass is 16.6. The van der Waals surface area contributed by atoms with Gasteiger partial charge in [0.2, 0.25) is 0 Å². The molecule has 0 bridgehead atoms. The molecule has 0 saturated carbocycles. The lowest BCUT2D eigenvalue weighted by Crippen LogP contribution is -2.21. The van der Waals surface area contributed by atoms with Gasteiger partial charge in [0.25, 0.3) is 5.69 Å². The first kappa shape index (κ1) is 22.4. The number of fused-ring (bicyclic) bond motifs is 1. The number of nitro groups is 1. The van der Waals surface area contributed by atoms with Gasteiger partial charge >= 0.3 is 11.8 Å². The summed E-state index contributed by atoms with van der Waals surface area (Å²) in [5.41, 5.74) is 2.96. The first-order valence-electron chi connectivity index (χ1n) is 9.22. The van der Waals surface area contributed by atoms with Crippen molar-refractivity contribution in [3.63, 3.8) is 0 Å². The number of hydrogen-bond donors (Lipinski definition) is 2. The lowest BCUT2D eigenvalue weighted by molar-refractivity contribution is -0.384. The van der Waals surface area contributed by atoms with Crippen molar-refractivity contribution >= 4 is 28.5 Å². The molecular formula is C21H22N2O7. The van der Waals surface area contributed by atoms with E-state index in [4.69, 9.17) is 19.4 Å². The molecule has 0 radical (unpaired) electrons. The van der Waals surface area contributed by atoms with E-state index in [-0.39, 0.29) is 5.69 Å². The summed E-state index contributed by atoms with van der Waals surface area (Å²) in [6, 6.07) is 13.7. The Kier molecular flexibility index (Phi) is 7.51. The first-order valence-corrected chi connectivity index (χ1v) is 9.22. The van der Waals surface area contributed by atoms with Gasteiger partial charge in [0, 0.05) is 48.4 Å². The maximum Gasteiger partial charge on any atom is 0.503 e. The third kappa shape index (κ3) is 5.81. The van der Waals surface area contributed by atoms with Crippen LogP contribution in [0.3, 0.4) is 0 Å². The van der Waals surface area contributed by atoms with Crippen molar-refractivity contribution in [2.75, 3.05) is 18.0 Å². The van der Waals surface area contributed by atoms with Crippen LogP contribution in [0.2, 0.25) is 0 Å². The van der Waals surface area contributed by atoms with Gasteiger partial charge in [-0.1, -0.05) is 12.1 Å². The summed E-state index contributed by atoms with van der Waals surface area (Å²) in [6.07, 6.45) is -1.33. The van der Waals surface area contributed by atoms with Gasteiger partial charge in [0.15, 0.2) is 0 Å². The van der Waals surface area contributed by atoms with Crippen LogP contribution in [0.5, 0.6) is 0 Å². The van der Waals surface area contributed by atoms with E-state index < -0.39 is 16.7 Å². The molecular weight excluding hydrogens is 392 g/mol. The van der Waals surface area contributed by atoms with Crippen molar-refractivity contribution < 1.29 is 24.3 Å². The number of benzene rings is 2. The van der Waals surface area contributed by atoms with Crippen LogP contribution in [0.1, 0.15) is 25.0 Å². The molecule has 158 valence electrons. The molecule has 2 N–H and O–H groups in total. The third-order valence-electron chi connectivity index (χ3n) is 4.48. The Bertz CT molecular complexity index is 1080. The van der Waals surface area contributed by atoms with Crippen LogP contribution in [0, 0.1) is 10.1 Å². The van der Waals surface area contributed by atoms with E-state index in [0.29, 0.717) is 12.0 Å². The van der Waals surface area contributed by atoms with Crippen molar-refractivity contribution in [2.45, 2.75) is 20.3 Å². The molecule has 2 aromatic carbocycles. The number of rotatable bonds is 6. The highest BCUT2D eigenvalue weighted by Gasteiger charge is 2.11. The fourth-order valence-corrected chi connectivity index (χ4v) is 3.11. The van der Waals surface area contributed by atoms with E-state index in [2.05, 4.69) is 18.7 Å². The molecule has 9 nitrogen and oxygen atoms in total. The van der Waals surface area contributed by atoms with Crippen molar-refractivity contribution in [1.82, 2.24) is 0 Å². The van der Waals surface area contributed by atoms with E-state index in [0.717, 1.165) is 35.3 Å². The second-order valence-electron chi connectivity index (χ2n) is 6.33. The zero-order valence-corrected chi connectivity index (χ0v) is 16.6. The predicted octanol–water partition coefficient (Wildman–Crippen LogP) is 4.36. The highest BCUT2D eigenvalue weighted by Crippen LogP contribution is 2.25. The predicted molar refractivity (Wildman–Crippen MR) is 113 cm³/mol. The Morgan fingerprint density at radius 1 is 1.07 bits per heavy atom. The lowest BCUT2D eigenvalue weighted by Gasteiger charge is -2.21. The summed E-state index contributed by atoms with van der Waals surface area (Å²) in [4.78, 5) is 33.1. The molecule has 0 fully saturated rings. The summed E-state index contributed by atoms with van der Waals surface area (Å²) in [6.45, 7) is 5.90. The lowest BCUT2D eigenvalue weighted by atomic mass is 10.0. The van der Waals surface area contributed by atoms with Crippen LogP contribution < -0.4 is 10.5 Å². The van der Waals surface area contributed by atoms with Crippen molar-refractivity contribution in [2.24, 2.45) is 0 Å². The molecule has 0 aliphatic heterocycles. The van der Waals surface area contributed by atoms with Gasteiger partial charge in [-0.2, -0.15) is 0 Å². The van der Waals surface area contributed by atoms with E-state index in [1.165, 1.54) is 18.2 Å². The topological polar surface area (TPSA) is 134 Å². The van der Waals surface area contributed by atoms with Crippen LogP contribution in [0.15, 0.2) is 57.7 Å². The Balaban J connectivity index is 0.000000735. The van der Waals surface area contributed by atoms with Crippen LogP contribution in [0.25, 0.3) is 11.0 Å². The van der Waals surface area contributed by atoms with Crippen LogP contribution in [-0.2, 0) is 6.42 Å². The van der Waals surface area contributed by atoms with Crippen molar-refractivity contribution in [1.29, 1.82) is 0 Å². The van der Waals surface area contributed by atoms with Gasteiger partial charge in [0.05, 0.1) is 4.92 Å². The number of non-ortho nitro benzene ring substituents is 1. The van der Waals surface area contributed by atoms with E-state index >= 15 is 0 Å². The van der Waals surface area contributed by atoms with Crippen molar-refractivity contribution in [3.05, 3.63) is 80.2 Å². The quantitative estimate of drug-likeness (QED) is 0.345. The molecule has 0 aliphatic rings. The minimum atomic E-state index is -1.83. The molecule has 30 heavy (non-hydrogen) atoms. The van der Waals surface area contributed by atoms with Gasteiger partial charge < -0.3 is 19.5 Å². The molecule has 1 heterocycles. The summed E-state index contributed by atoms with van der Waals surface area (Å²) < 4.78 is 5.40. The van der Waals surface area contributed by atoms with E-state index in [9.17, 15) is 14.9 Å². The second kappa shape index (κ2) is 10.1. The molecule has 0 aliphatic carbocycles. The molecule has 0 saturated heterocycles. The SMILES string of the molecule is CCN(CC)c1ccc2c(Cc3ccc([N+](=O)[O-])cc3)cc(=O)oc2c1.O=C(O)O. The number of anilines is 1. The Morgan fingerprint density at radius 2 is 1.67 bits per heavy atom. The van der Waals surface area contributed by atoms with Crippen LogP contribution >= 0.6 is 0 Å². The zero-order valence-electron chi connectivity index (χ0n) is 16.6. The minimum absolute atomic E-state index is 0.0510. The first-order chi connectivity index (χ1) is 14.2. The van der Waals surface area contributed by atoms with Gasteiger partial charge in [-0.3, -0.25) is 10.1 Å². The minimum Gasteiger partial charge on any atom is -0.450 e. The average molecular weight is 414 g/mol. The highest BCUT2D eigenvalue weighted by molar-refractivity contribution is 5.84. The number of nitrogens with zero attached hydrogens (tertiary/aromatic N) is 2. The zero-order chi connectivity index (χ0) is 22.3. The fourth-order valence-electron chi connectivity index (χ4n) is 3.11. The van der Waals surface area contributed by atoms with E-state index in [1.54, 1.807) is 12.1 Å². The molecule has 0 amide bonds. The van der Waals surface area contributed by atoms with Crippen LogP contribution in [0.4, 0.5) is 16.2 Å². The molecule has 0 spiro atoms.